The average molecular weight is 484 g/mol. The number of fused-ring (bicyclic) bond motifs is 1. The number of imide groups is 1. The molecule has 0 atom stereocenters. The van der Waals surface area contributed by atoms with Crippen LogP contribution in [0.15, 0.2) is 47.4 Å². The lowest BCUT2D eigenvalue weighted by atomic mass is 10.1. The number of sulfonamides is 1. The standard InChI is InChI=1S/C25H29N3O5S/c1-2-3-15-28-24(30)21-12-9-19(16-22(21)25(28)31)23(29)26-17-18-7-10-20(11-8-18)34(32,33)27-13-5-4-6-14-27/h7-12,16H,2-6,13-15,17H2,1H3,(H,26,29). The third-order valence-electron chi connectivity index (χ3n) is 6.30. The Labute approximate surface area is 200 Å². The van der Waals surface area contributed by atoms with E-state index in [-0.39, 0.29) is 34.7 Å². The lowest BCUT2D eigenvalue weighted by molar-refractivity contribution is 0.0652. The maximum absolute atomic E-state index is 12.8. The van der Waals surface area contributed by atoms with Gasteiger partial charge in [0.05, 0.1) is 16.0 Å². The summed E-state index contributed by atoms with van der Waals surface area (Å²) in [5.74, 6) is -1.06. The minimum atomic E-state index is -3.50. The fourth-order valence-electron chi connectivity index (χ4n) is 4.27. The van der Waals surface area contributed by atoms with Crippen LogP contribution in [-0.2, 0) is 16.6 Å². The number of hydrogen-bond acceptors (Lipinski definition) is 5. The molecule has 1 fully saturated rings. The summed E-state index contributed by atoms with van der Waals surface area (Å²) < 4.78 is 27.1. The Kier molecular flexibility index (Phi) is 7.13. The third-order valence-corrected chi connectivity index (χ3v) is 8.21. The van der Waals surface area contributed by atoms with Crippen LogP contribution in [0, 0.1) is 0 Å². The van der Waals surface area contributed by atoms with E-state index in [0.717, 1.165) is 37.7 Å². The number of unbranched alkanes of at least 4 members (excludes halogenated alkanes) is 1. The number of piperidine rings is 1. The predicted molar refractivity (Wildman–Crippen MR) is 127 cm³/mol. The van der Waals surface area contributed by atoms with Crippen LogP contribution in [0.4, 0.5) is 0 Å². The zero-order chi connectivity index (χ0) is 24.3. The highest BCUT2D eigenvalue weighted by Crippen LogP contribution is 2.25. The molecule has 34 heavy (non-hydrogen) atoms. The van der Waals surface area contributed by atoms with E-state index in [0.29, 0.717) is 30.8 Å². The van der Waals surface area contributed by atoms with Gasteiger partial charge >= 0.3 is 0 Å². The molecule has 180 valence electrons. The van der Waals surface area contributed by atoms with Crippen LogP contribution in [0.5, 0.6) is 0 Å². The fourth-order valence-corrected chi connectivity index (χ4v) is 5.79. The molecule has 2 aromatic carbocycles. The molecule has 0 bridgehead atoms. The summed E-state index contributed by atoms with van der Waals surface area (Å²) in [7, 11) is -3.50. The van der Waals surface area contributed by atoms with Crippen molar-refractivity contribution in [3.8, 4) is 0 Å². The highest BCUT2D eigenvalue weighted by molar-refractivity contribution is 7.89. The Balaban J connectivity index is 1.40. The minimum absolute atomic E-state index is 0.204. The van der Waals surface area contributed by atoms with E-state index in [1.165, 1.54) is 27.4 Å². The van der Waals surface area contributed by atoms with Gasteiger partial charge in [0.15, 0.2) is 0 Å². The summed E-state index contributed by atoms with van der Waals surface area (Å²) >= 11 is 0. The molecule has 0 saturated carbocycles. The van der Waals surface area contributed by atoms with Crippen molar-refractivity contribution in [2.45, 2.75) is 50.5 Å². The van der Waals surface area contributed by atoms with Crippen LogP contribution < -0.4 is 5.32 Å². The molecule has 0 aromatic heterocycles. The summed E-state index contributed by atoms with van der Waals surface area (Å²) in [5.41, 5.74) is 1.62. The van der Waals surface area contributed by atoms with Gasteiger partial charge in [-0.2, -0.15) is 4.31 Å². The van der Waals surface area contributed by atoms with Gasteiger partial charge in [0.1, 0.15) is 0 Å². The summed E-state index contributed by atoms with van der Waals surface area (Å²) in [5, 5.41) is 2.79. The van der Waals surface area contributed by atoms with Gasteiger partial charge in [-0.25, -0.2) is 8.42 Å². The quantitative estimate of drug-likeness (QED) is 0.581. The van der Waals surface area contributed by atoms with E-state index in [4.69, 9.17) is 0 Å². The molecular weight excluding hydrogens is 454 g/mol. The van der Waals surface area contributed by atoms with Crippen molar-refractivity contribution in [3.05, 3.63) is 64.7 Å². The lowest BCUT2D eigenvalue weighted by Crippen LogP contribution is -2.35. The second-order valence-corrected chi connectivity index (χ2v) is 10.6. The summed E-state index contributed by atoms with van der Waals surface area (Å²) in [4.78, 5) is 39.2. The molecular formula is C25H29N3O5S. The van der Waals surface area contributed by atoms with Crippen molar-refractivity contribution in [1.82, 2.24) is 14.5 Å². The van der Waals surface area contributed by atoms with E-state index in [1.807, 2.05) is 6.92 Å². The molecule has 9 heteroatoms. The van der Waals surface area contributed by atoms with Crippen molar-refractivity contribution < 1.29 is 22.8 Å². The van der Waals surface area contributed by atoms with Gasteiger partial charge in [-0.1, -0.05) is 31.9 Å². The Morgan fingerprint density at radius 3 is 2.29 bits per heavy atom. The summed E-state index contributed by atoms with van der Waals surface area (Å²) in [6, 6.07) is 11.0. The van der Waals surface area contributed by atoms with E-state index < -0.39 is 10.0 Å². The number of hydrogen-bond donors (Lipinski definition) is 1. The first-order chi connectivity index (χ1) is 16.3. The molecule has 1 saturated heterocycles. The molecule has 8 nitrogen and oxygen atoms in total. The lowest BCUT2D eigenvalue weighted by Gasteiger charge is -2.25. The topological polar surface area (TPSA) is 104 Å². The zero-order valence-electron chi connectivity index (χ0n) is 19.2. The average Bonchev–Trinajstić information content (AvgIpc) is 3.10. The van der Waals surface area contributed by atoms with Gasteiger partial charge in [0, 0.05) is 31.7 Å². The van der Waals surface area contributed by atoms with Gasteiger partial charge in [-0.15, -0.1) is 0 Å². The highest BCUT2D eigenvalue weighted by atomic mass is 32.2. The number of benzene rings is 2. The fraction of sp³-hybridized carbons (Fsp3) is 0.400. The smallest absolute Gasteiger partial charge is 0.261 e. The largest absolute Gasteiger partial charge is 0.348 e. The monoisotopic (exact) mass is 483 g/mol. The highest BCUT2D eigenvalue weighted by Gasteiger charge is 2.35. The normalized spacial score (nSPS) is 16.6. The molecule has 3 amide bonds. The Bertz CT molecular complexity index is 1200. The molecule has 0 unspecified atom stereocenters. The van der Waals surface area contributed by atoms with Crippen LogP contribution in [0.25, 0.3) is 0 Å². The van der Waals surface area contributed by atoms with E-state index in [9.17, 15) is 22.8 Å². The second-order valence-electron chi connectivity index (χ2n) is 8.67. The molecule has 0 aliphatic carbocycles. The number of carbonyl (C=O) groups excluding carboxylic acids is 3. The van der Waals surface area contributed by atoms with Crippen molar-refractivity contribution in [2.75, 3.05) is 19.6 Å². The first-order valence-electron chi connectivity index (χ1n) is 11.7. The Morgan fingerprint density at radius 1 is 0.941 bits per heavy atom. The minimum Gasteiger partial charge on any atom is -0.348 e. The molecule has 0 spiro atoms. The molecule has 2 aromatic rings. The van der Waals surface area contributed by atoms with E-state index in [2.05, 4.69) is 5.32 Å². The molecule has 2 heterocycles. The number of nitrogens with one attached hydrogen (secondary N) is 1. The van der Waals surface area contributed by atoms with E-state index in [1.54, 1.807) is 24.3 Å². The van der Waals surface area contributed by atoms with Crippen LogP contribution in [0.3, 0.4) is 0 Å². The molecule has 1 N–H and O–H groups in total. The second kappa shape index (κ2) is 10.1. The first-order valence-corrected chi connectivity index (χ1v) is 13.1. The first kappa shape index (κ1) is 24.1. The Hall–Kier alpha value is -3.04. The number of rotatable bonds is 8. The van der Waals surface area contributed by atoms with Crippen LogP contribution in [0.2, 0.25) is 0 Å². The summed E-state index contributed by atoms with van der Waals surface area (Å²) in [6.45, 7) is 3.65. The van der Waals surface area contributed by atoms with Gasteiger partial charge < -0.3 is 5.32 Å². The number of nitrogens with zero attached hydrogens (tertiary/aromatic N) is 2. The maximum Gasteiger partial charge on any atom is 0.261 e. The van der Waals surface area contributed by atoms with Crippen molar-refractivity contribution in [1.29, 1.82) is 0 Å². The van der Waals surface area contributed by atoms with Crippen LogP contribution in [0.1, 0.15) is 75.7 Å². The Morgan fingerprint density at radius 2 is 1.62 bits per heavy atom. The number of carbonyl (C=O) groups is 3. The molecule has 0 radical (unpaired) electrons. The van der Waals surface area contributed by atoms with Gasteiger partial charge in [-0.3, -0.25) is 19.3 Å². The van der Waals surface area contributed by atoms with Gasteiger partial charge in [0.25, 0.3) is 17.7 Å². The number of amides is 3. The third kappa shape index (κ3) is 4.76. The molecule has 4 rings (SSSR count). The molecule has 2 aliphatic heterocycles. The predicted octanol–water partition coefficient (Wildman–Crippen LogP) is 3.19. The van der Waals surface area contributed by atoms with Crippen molar-refractivity contribution in [2.24, 2.45) is 0 Å². The maximum atomic E-state index is 12.8. The SMILES string of the molecule is CCCCN1C(=O)c2ccc(C(=O)NCc3ccc(S(=O)(=O)N4CCCCC4)cc3)cc2C1=O. The van der Waals surface area contributed by atoms with Gasteiger partial charge in [0.2, 0.25) is 10.0 Å². The zero-order valence-corrected chi connectivity index (χ0v) is 20.1. The van der Waals surface area contributed by atoms with Crippen molar-refractivity contribution in [3.63, 3.8) is 0 Å². The van der Waals surface area contributed by atoms with Crippen molar-refractivity contribution >= 4 is 27.7 Å². The molecule has 2 aliphatic rings. The van der Waals surface area contributed by atoms with Crippen LogP contribution >= 0.6 is 0 Å². The van der Waals surface area contributed by atoms with Gasteiger partial charge in [-0.05, 0) is 55.2 Å². The van der Waals surface area contributed by atoms with E-state index >= 15 is 0 Å². The van der Waals surface area contributed by atoms with Crippen LogP contribution in [-0.4, -0.2) is 55.0 Å². The summed E-state index contributed by atoms with van der Waals surface area (Å²) in [6.07, 6.45) is 4.41.